The summed E-state index contributed by atoms with van der Waals surface area (Å²) in [5, 5.41) is 2.86. The molecule has 1 aliphatic rings. The van der Waals surface area contributed by atoms with Crippen molar-refractivity contribution in [2.24, 2.45) is 0 Å². The van der Waals surface area contributed by atoms with Gasteiger partial charge < -0.3 is 10.2 Å². The van der Waals surface area contributed by atoms with Crippen molar-refractivity contribution in [2.45, 2.75) is 52.1 Å². The number of carbonyl (C=O) groups is 2. The molecule has 0 aromatic heterocycles. The number of nitrogens with zero attached hydrogens (tertiary/aromatic N) is 1. The van der Waals surface area contributed by atoms with Crippen LogP contribution in [0, 0.1) is 0 Å². The lowest BCUT2D eigenvalue weighted by Gasteiger charge is -2.34. The van der Waals surface area contributed by atoms with Crippen LogP contribution in [0.5, 0.6) is 0 Å². The number of amides is 2. The fraction of sp³-hybridized carbons (Fsp3) is 0.846. The summed E-state index contributed by atoms with van der Waals surface area (Å²) in [6.45, 7) is 8.47. The van der Waals surface area contributed by atoms with Gasteiger partial charge in [-0.1, -0.05) is 13.8 Å². The summed E-state index contributed by atoms with van der Waals surface area (Å²) in [6, 6.07) is 0.182. The van der Waals surface area contributed by atoms with Gasteiger partial charge in [0.25, 0.3) is 0 Å². The molecule has 2 atom stereocenters. The molecule has 1 aliphatic heterocycles. The number of hydrogen-bond donors (Lipinski definition) is 1. The van der Waals surface area contributed by atoms with Gasteiger partial charge in [-0.3, -0.25) is 9.59 Å². The highest BCUT2D eigenvalue weighted by Gasteiger charge is 2.40. The van der Waals surface area contributed by atoms with Crippen molar-refractivity contribution in [1.82, 2.24) is 10.2 Å². The predicted molar refractivity (Wildman–Crippen MR) is 75.6 cm³/mol. The SMILES string of the molecule is CCSCC(C)N1CCC(=O)NC(C)(CC)C1=O. The molecule has 0 aromatic carbocycles. The van der Waals surface area contributed by atoms with Crippen LogP contribution < -0.4 is 5.32 Å². The molecule has 0 spiro atoms. The minimum atomic E-state index is -0.737. The molecule has 0 aromatic rings. The van der Waals surface area contributed by atoms with Gasteiger partial charge in [0, 0.05) is 24.8 Å². The van der Waals surface area contributed by atoms with Gasteiger partial charge in [0.2, 0.25) is 11.8 Å². The van der Waals surface area contributed by atoms with E-state index in [0.29, 0.717) is 19.4 Å². The Morgan fingerprint density at radius 1 is 1.44 bits per heavy atom. The Kier molecular flexibility index (Phi) is 5.50. The molecule has 4 nitrogen and oxygen atoms in total. The Morgan fingerprint density at radius 2 is 2.11 bits per heavy atom. The van der Waals surface area contributed by atoms with E-state index in [9.17, 15) is 9.59 Å². The Bertz CT molecular complexity index is 322. The van der Waals surface area contributed by atoms with E-state index in [1.54, 1.807) is 0 Å². The molecule has 1 N–H and O–H groups in total. The monoisotopic (exact) mass is 272 g/mol. The summed E-state index contributed by atoms with van der Waals surface area (Å²) in [4.78, 5) is 26.1. The zero-order valence-electron chi connectivity index (χ0n) is 11.8. The molecule has 0 radical (unpaired) electrons. The molecule has 1 rings (SSSR count). The molecular formula is C13H24N2O2S. The maximum absolute atomic E-state index is 12.6. The predicted octanol–water partition coefficient (Wildman–Crippen LogP) is 1.65. The quantitative estimate of drug-likeness (QED) is 0.828. The largest absolute Gasteiger partial charge is 0.342 e. The van der Waals surface area contributed by atoms with Gasteiger partial charge in [-0.15, -0.1) is 0 Å². The first-order chi connectivity index (χ1) is 8.44. The van der Waals surface area contributed by atoms with Crippen molar-refractivity contribution in [3.05, 3.63) is 0 Å². The Morgan fingerprint density at radius 3 is 2.67 bits per heavy atom. The first kappa shape index (κ1) is 15.3. The molecule has 2 amide bonds. The van der Waals surface area contributed by atoms with Crippen molar-refractivity contribution in [3.8, 4) is 0 Å². The summed E-state index contributed by atoms with van der Waals surface area (Å²) < 4.78 is 0. The van der Waals surface area contributed by atoms with Gasteiger partial charge in [-0.25, -0.2) is 0 Å². The summed E-state index contributed by atoms with van der Waals surface area (Å²) in [5.41, 5.74) is -0.737. The summed E-state index contributed by atoms with van der Waals surface area (Å²) in [5.74, 6) is 2.01. The van der Waals surface area contributed by atoms with Crippen LogP contribution >= 0.6 is 11.8 Å². The van der Waals surface area contributed by atoms with Crippen LogP contribution in [0.4, 0.5) is 0 Å². The Labute approximate surface area is 114 Å². The van der Waals surface area contributed by atoms with E-state index in [1.165, 1.54) is 0 Å². The smallest absolute Gasteiger partial charge is 0.248 e. The minimum absolute atomic E-state index is 0.0226. The van der Waals surface area contributed by atoms with E-state index in [0.717, 1.165) is 11.5 Å². The third-order valence-corrected chi connectivity index (χ3v) is 4.66. The summed E-state index contributed by atoms with van der Waals surface area (Å²) in [6.07, 6.45) is 1.03. The second kappa shape index (κ2) is 6.45. The van der Waals surface area contributed by atoms with Crippen molar-refractivity contribution in [3.63, 3.8) is 0 Å². The van der Waals surface area contributed by atoms with Gasteiger partial charge in [-0.05, 0) is 26.0 Å². The number of hydrogen-bond acceptors (Lipinski definition) is 3. The average Bonchev–Trinajstić information content (AvgIpc) is 2.45. The van der Waals surface area contributed by atoms with Crippen molar-refractivity contribution < 1.29 is 9.59 Å². The highest BCUT2D eigenvalue weighted by Crippen LogP contribution is 2.20. The third kappa shape index (κ3) is 3.40. The van der Waals surface area contributed by atoms with Gasteiger partial charge in [0.1, 0.15) is 5.54 Å². The van der Waals surface area contributed by atoms with Gasteiger partial charge in [-0.2, -0.15) is 11.8 Å². The first-order valence-electron chi connectivity index (χ1n) is 6.64. The number of thioether (sulfide) groups is 1. The van der Waals surface area contributed by atoms with Crippen molar-refractivity contribution >= 4 is 23.6 Å². The lowest BCUT2D eigenvalue weighted by Crippen LogP contribution is -2.56. The van der Waals surface area contributed by atoms with E-state index < -0.39 is 5.54 Å². The molecule has 0 saturated carbocycles. The van der Waals surface area contributed by atoms with E-state index in [-0.39, 0.29) is 17.9 Å². The topological polar surface area (TPSA) is 49.4 Å². The van der Waals surface area contributed by atoms with Crippen LogP contribution in [0.1, 0.15) is 40.5 Å². The van der Waals surface area contributed by atoms with Crippen molar-refractivity contribution in [1.29, 1.82) is 0 Å². The number of carbonyl (C=O) groups excluding carboxylic acids is 2. The van der Waals surface area contributed by atoms with Crippen molar-refractivity contribution in [2.75, 3.05) is 18.1 Å². The Balaban J connectivity index is 2.84. The van der Waals surface area contributed by atoms with E-state index in [2.05, 4.69) is 19.2 Å². The summed E-state index contributed by atoms with van der Waals surface area (Å²) >= 11 is 1.83. The zero-order chi connectivity index (χ0) is 13.8. The van der Waals surface area contributed by atoms with Crippen LogP contribution in [0.15, 0.2) is 0 Å². The van der Waals surface area contributed by atoms with E-state index in [1.807, 2.05) is 30.5 Å². The van der Waals surface area contributed by atoms with Crippen LogP contribution in [-0.2, 0) is 9.59 Å². The number of rotatable bonds is 5. The molecule has 5 heteroatoms. The highest BCUT2D eigenvalue weighted by atomic mass is 32.2. The normalized spacial score (nSPS) is 26.8. The Hall–Kier alpha value is -0.710. The highest BCUT2D eigenvalue weighted by molar-refractivity contribution is 7.99. The average molecular weight is 272 g/mol. The lowest BCUT2D eigenvalue weighted by atomic mass is 9.97. The maximum atomic E-state index is 12.6. The molecule has 1 fully saturated rings. The second-order valence-corrected chi connectivity index (χ2v) is 6.31. The van der Waals surface area contributed by atoms with Gasteiger partial charge in [0.05, 0.1) is 0 Å². The van der Waals surface area contributed by atoms with Crippen LogP contribution in [0.3, 0.4) is 0 Å². The number of nitrogens with one attached hydrogen (secondary N) is 1. The van der Waals surface area contributed by atoms with Gasteiger partial charge >= 0.3 is 0 Å². The first-order valence-corrected chi connectivity index (χ1v) is 7.80. The molecule has 2 unspecified atom stereocenters. The third-order valence-electron chi connectivity index (χ3n) is 3.53. The molecule has 0 aliphatic carbocycles. The van der Waals surface area contributed by atoms with Crippen LogP contribution in [0.25, 0.3) is 0 Å². The van der Waals surface area contributed by atoms with Crippen LogP contribution in [0.2, 0.25) is 0 Å². The standard InChI is InChI=1S/C13H24N2O2S/c1-5-13(4)12(17)15(8-7-11(16)14-13)10(3)9-18-6-2/h10H,5-9H2,1-4H3,(H,14,16). The molecule has 0 bridgehead atoms. The lowest BCUT2D eigenvalue weighted by molar-refractivity contribution is -0.139. The molecule has 18 heavy (non-hydrogen) atoms. The fourth-order valence-corrected chi connectivity index (χ4v) is 2.86. The zero-order valence-corrected chi connectivity index (χ0v) is 12.6. The molecular weight excluding hydrogens is 248 g/mol. The summed E-state index contributed by atoms with van der Waals surface area (Å²) in [7, 11) is 0. The van der Waals surface area contributed by atoms with E-state index >= 15 is 0 Å². The molecule has 1 saturated heterocycles. The van der Waals surface area contributed by atoms with Gasteiger partial charge in [0.15, 0.2) is 0 Å². The molecule has 1 heterocycles. The van der Waals surface area contributed by atoms with E-state index in [4.69, 9.17) is 0 Å². The minimum Gasteiger partial charge on any atom is -0.342 e. The van der Waals surface area contributed by atoms with Crippen LogP contribution in [-0.4, -0.2) is 46.3 Å². The second-order valence-electron chi connectivity index (χ2n) is 4.99. The fourth-order valence-electron chi connectivity index (χ4n) is 2.10. The maximum Gasteiger partial charge on any atom is 0.248 e. The molecule has 104 valence electrons.